The third-order valence-corrected chi connectivity index (χ3v) is 3.75. The van der Waals surface area contributed by atoms with Gasteiger partial charge in [-0.15, -0.1) is 0 Å². The zero-order valence-electron chi connectivity index (χ0n) is 12.7. The first-order chi connectivity index (χ1) is 11.6. The molecule has 1 aromatic heterocycles. The van der Waals surface area contributed by atoms with Crippen molar-refractivity contribution >= 4 is 45.7 Å². The van der Waals surface area contributed by atoms with Crippen LogP contribution in [0.4, 0.5) is 21.9 Å². The molecule has 0 aliphatic carbocycles. The Balaban J connectivity index is 1.95. The first kappa shape index (κ1) is 15.9. The third-order valence-electron chi connectivity index (χ3n) is 3.42. The summed E-state index contributed by atoms with van der Waals surface area (Å²) >= 11 is 6.00. The Kier molecular flexibility index (Phi) is 4.39. The second-order valence-electron chi connectivity index (χ2n) is 4.94. The van der Waals surface area contributed by atoms with Gasteiger partial charge in [-0.05, 0) is 24.3 Å². The predicted octanol–water partition coefficient (Wildman–Crippen LogP) is 4.13. The fourth-order valence-corrected chi connectivity index (χ4v) is 2.54. The van der Waals surface area contributed by atoms with Crippen LogP contribution < -0.4 is 21.6 Å². The summed E-state index contributed by atoms with van der Waals surface area (Å²) < 4.78 is 5.25. The Morgan fingerprint density at radius 3 is 2.46 bits per heavy atom. The van der Waals surface area contributed by atoms with Gasteiger partial charge < -0.3 is 15.1 Å². The highest BCUT2D eigenvalue weighted by molar-refractivity contribution is 6.33. The largest absolute Gasteiger partial charge is 0.421 e. The van der Waals surface area contributed by atoms with Crippen molar-refractivity contribution in [1.29, 1.82) is 0 Å². The number of fused-ring (bicyclic) bond motifs is 1. The van der Waals surface area contributed by atoms with Crippen molar-refractivity contribution in [3.63, 3.8) is 0 Å². The van der Waals surface area contributed by atoms with E-state index in [0.29, 0.717) is 27.4 Å². The fraction of sp³-hybridized carbons (Fsp3) is 0.0588. The van der Waals surface area contributed by atoms with E-state index in [1.54, 1.807) is 49.5 Å². The fourth-order valence-electron chi connectivity index (χ4n) is 2.35. The average Bonchev–Trinajstić information content (AvgIpc) is 2.57. The number of rotatable bonds is 3. The number of para-hydroxylation sites is 2. The van der Waals surface area contributed by atoms with E-state index in [0.717, 1.165) is 0 Å². The second kappa shape index (κ2) is 6.64. The number of amides is 2. The molecule has 0 saturated heterocycles. The van der Waals surface area contributed by atoms with Crippen LogP contribution in [0.3, 0.4) is 0 Å². The van der Waals surface area contributed by atoms with Crippen LogP contribution in [-0.2, 0) is 0 Å². The van der Waals surface area contributed by atoms with Crippen molar-refractivity contribution in [1.82, 2.24) is 0 Å². The highest BCUT2D eigenvalue weighted by atomic mass is 35.5. The van der Waals surface area contributed by atoms with Crippen LogP contribution in [0.25, 0.3) is 11.0 Å². The van der Waals surface area contributed by atoms with E-state index in [1.807, 2.05) is 6.07 Å². The molecule has 0 atom stereocenters. The van der Waals surface area contributed by atoms with Crippen LogP contribution in [0.1, 0.15) is 0 Å². The van der Waals surface area contributed by atoms with E-state index < -0.39 is 11.7 Å². The van der Waals surface area contributed by atoms with Gasteiger partial charge in [0.15, 0.2) is 5.69 Å². The summed E-state index contributed by atoms with van der Waals surface area (Å²) in [5, 5.41) is 9.13. The molecule has 0 saturated carbocycles. The summed E-state index contributed by atoms with van der Waals surface area (Å²) in [4.78, 5) is 24.4. The van der Waals surface area contributed by atoms with Gasteiger partial charge in [-0.25, -0.2) is 9.59 Å². The zero-order valence-corrected chi connectivity index (χ0v) is 13.5. The standard InChI is InChI=1S/C17H14ClN3O3/c1-19-14-10-6-2-5-9-13(10)24-16(22)15(14)21-17(23)20-12-8-4-3-7-11(12)18/h2-9,19H,1H3,(H2,20,21,23). The highest BCUT2D eigenvalue weighted by Gasteiger charge is 2.16. The van der Waals surface area contributed by atoms with Gasteiger partial charge in [0.1, 0.15) is 5.58 Å². The maximum Gasteiger partial charge on any atom is 0.362 e. The normalized spacial score (nSPS) is 10.4. The lowest BCUT2D eigenvalue weighted by atomic mass is 10.2. The number of nitrogens with one attached hydrogen (secondary N) is 3. The summed E-state index contributed by atoms with van der Waals surface area (Å²) in [6, 6.07) is 13.3. The molecule has 0 radical (unpaired) electrons. The van der Waals surface area contributed by atoms with Crippen molar-refractivity contribution < 1.29 is 9.21 Å². The van der Waals surface area contributed by atoms with E-state index in [4.69, 9.17) is 16.0 Å². The van der Waals surface area contributed by atoms with Crippen molar-refractivity contribution in [3.05, 3.63) is 64.0 Å². The Morgan fingerprint density at radius 1 is 1.00 bits per heavy atom. The lowest BCUT2D eigenvalue weighted by molar-refractivity contribution is 0.262. The summed E-state index contributed by atoms with van der Waals surface area (Å²) in [5.74, 6) is 0. The molecule has 3 rings (SSSR count). The second-order valence-corrected chi connectivity index (χ2v) is 5.35. The molecule has 3 N–H and O–H groups in total. The molecular formula is C17H14ClN3O3. The third kappa shape index (κ3) is 3.04. The van der Waals surface area contributed by atoms with E-state index >= 15 is 0 Å². The summed E-state index contributed by atoms with van der Waals surface area (Å²) in [6.07, 6.45) is 0. The van der Waals surface area contributed by atoms with Crippen LogP contribution in [-0.4, -0.2) is 13.1 Å². The molecule has 7 heteroatoms. The van der Waals surface area contributed by atoms with Gasteiger partial charge in [-0.1, -0.05) is 35.9 Å². The Hall–Kier alpha value is -2.99. The van der Waals surface area contributed by atoms with Gasteiger partial charge in [0.2, 0.25) is 0 Å². The summed E-state index contributed by atoms with van der Waals surface area (Å²) in [7, 11) is 1.67. The monoisotopic (exact) mass is 343 g/mol. The molecule has 0 aliphatic rings. The Bertz CT molecular complexity index is 969. The van der Waals surface area contributed by atoms with E-state index in [9.17, 15) is 9.59 Å². The maximum atomic E-state index is 12.2. The number of urea groups is 1. The molecule has 0 fully saturated rings. The minimum absolute atomic E-state index is 0.0285. The number of hydrogen-bond acceptors (Lipinski definition) is 4. The van der Waals surface area contributed by atoms with Crippen LogP contribution in [0.5, 0.6) is 0 Å². The Morgan fingerprint density at radius 2 is 1.71 bits per heavy atom. The lowest BCUT2D eigenvalue weighted by Crippen LogP contribution is -2.24. The van der Waals surface area contributed by atoms with E-state index in [2.05, 4.69) is 16.0 Å². The highest BCUT2D eigenvalue weighted by Crippen LogP contribution is 2.28. The number of carbonyl (C=O) groups excluding carboxylic acids is 1. The SMILES string of the molecule is CNc1c(NC(=O)Nc2ccccc2Cl)c(=O)oc2ccccc12. The van der Waals surface area contributed by atoms with Crippen molar-refractivity contribution in [2.75, 3.05) is 23.0 Å². The van der Waals surface area contributed by atoms with Crippen LogP contribution >= 0.6 is 11.6 Å². The molecule has 3 aromatic rings. The molecule has 2 aromatic carbocycles. The topological polar surface area (TPSA) is 83.4 Å². The molecule has 0 unspecified atom stereocenters. The van der Waals surface area contributed by atoms with Crippen LogP contribution in [0.15, 0.2) is 57.7 Å². The molecule has 24 heavy (non-hydrogen) atoms. The summed E-state index contributed by atoms with van der Waals surface area (Å²) in [6.45, 7) is 0. The van der Waals surface area contributed by atoms with Gasteiger partial charge in [0.25, 0.3) is 0 Å². The van der Waals surface area contributed by atoms with Crippen molar-refractivity contribution in [2.45, 2.75) is 0 Å². The quantitative estimate of drug-likeness (QED) is 0.624. The number of hydrogen-bond donors (Lipinski definition) is 3. The van der Waals surface area contributed by atoms with Gasteiger partial charge in [0, 0.05) is 12.4 Å². The van der Waals surface area contributed by atoms with E-state index in [1.165, 1.54) is 0 Å². The number of benzene rings is 2. The number of halogens is 1. The zero-order chi connectivity index (χ0) is 17.1. The molecule has 0 bridgehead atoms. The van der Waals surface area contributed by atoms with Crippen molar-refractivity contribution in [2.24, 2.45) is 0 Å². The molecule has 6 nitrogen and oxygen atoms in total. The maximum absolute atomic E-state index is 12.2. The van der Waals surface area contributed by atoms with Gasteiger partial charge in [-0.3, -0.25) is 5.32 Å². The van der Waals surface area contributed by atoms with Gasteiger partial charge in [-0.2, -0.15) is 0 Å². The average molecular weight is 344 g/mol. The van der Waals surface area contributed by atoms with Crippen LogP contribution in [0.2, 0.25) is 5.02 Å². The summed E-state index contributed by atoms with van der Waals surface area (Å²) in [5.41, 5.74) is 0.737. The van der Waals surface area contributed by atoms with Gasteiger partial charge >= 0.3 is 11.7 Å². The minimum Gasteiger partial charge on any atom is -0.421 e. The molecule has 0 aliphatic heterocycles. The smallest absolute Gasteiger partial charge is 0.362 e. The van der Waals surface area contributed by atoms with E-state index in [-0.39, 0.29) is 5.69 Å². The molecule has 2 amide bonds. The molecule has 1 heterocycles. The van der Waals surface area contributed by atoms with Gasteiger partial charge in [0.05, 0.1) is 16.4 Å². The first-order valence-electron chi connectivity index (χ1n) is 7.16. The molecule has 0 spiro atoms. The molecular weight excluding hydrogens is 330 g/mol. The molecule has 122 valence electrons. The minimum atomic E-state index is -0.646. The lowest BCUT2D eigenvalue weighted by Gasteiger charge is -2.13. The number of carbonyl (C=O) groups is 1. The predicted molar refractivity (Wildman–Crippen MR) is 96.1 cm³/mol. The van der Waals surface area contributed by atoms with Crippen LogP contribution in [0, 0.1) is 0 Å². The van der Waals surface area contributed by atoms with Crippen molar-refractivity contribution in [3.8, 4) is 0 Å². The Labute approximate surface area is 142 Å². The first-order valence-corrected chi connectivity index (χ1v) is 7.54. The number of anilines is 3.